The zero-order chi connectivity index (χ0) is 19.8. The fraction of sp³-hybridized carbons (Fsp3) is 0.619. The average Bonchev–Trinajstić information content (AvgIpc) is 3.36. The zero-order valence-electron chi connectivity index (χ0n) is 17.2. The molecule has 0 aromatic heterocycles. The van der Waals surface area contributed by atoms with E-state index in [-0.39, 0.29) is 30.6 Å². The second-order valence-electron chi connectivity index (χ2n) is 7.87. The molecule has 1 saturated carbocycles. The van der Waals surface area contributed by atoms with Crippen molar-refractivity contribution in [3.05, 3.63) is 29.8 Å². The Kier molecular flexibility index (Phi) is 9.99. The summed E-state index contributed by atoms with van der Waals surface area (Å²) in [5.74, 6) is 1.88. The number of primary amides is 1. The largest absolute Gasteiger partial charge is 0.484 e. The Balaban J connectivity index is 0.00000300. The number of benzene rings is 1. The number of halogens is 1. The highest BCUT2D eigenvalue weighted by Gasteiger charge is 2.26. The maximum Gasteiger partial charge on any atom is 0.255 e. The number of carbonyl (C=O) groups is 1. The highest BCUT2D eigenvalue weighted by atomic mass is 127. The molecule has 8 heteroatoms. The molecule has 4 N–H and O–H groups in total. The van der Waals surface area contributed by atoms with Gasteiger partial charge in [0, 0.05) is 39.3 Å². The van der Waals surface area contributed by atoms with Crippen LogP contribution in [0.2, 0.25) is 0 Å². The van der Waals surface area contributed by atoms with Crippen molar-refractivity contribution in [1.29, 1.82) is 0 Å². The number of hydrogen-bond donors (Lipinski definition) is 3. The molecule has 0 bridgehead atoms. The molecule has 0 radical (unpaired) electrons. The minimum atomic E-state index is -0.480. The molecule has 3 rings (SSSR count). The van der Waals surface area contributed by atoms with Gasteiger partial charge < -0.3 is 26.0 Å². The van der Waals surface area contributed by atoms with Gasteiger partial charge in [-0.25, -0.2) is 0 Å². The number of nitrogens with one attached hydrogen (secondary N) is 2. The SMILES string of the molecule is CN=C(NCc1cccc(OCC(N)=O)c1)NC1CCN(CC2CCCC2)C1.I. The molecule has 1 amide bonds. The number of rotatable bonds is 8. The molecule has 162 valence electrons. The number of ether oxygens (including phenoxy) is 1. The first-order chi connectivity index (χ1) is 13.6. The lowest BCUT2D eigenvalue weighted by Gasteiger charge is -2.21. The molecule has 2 aliphatic rings. The van der Waals surface area contributed by atoms with E-state index in [1.54, 1.807) is 7.05 Å². The summed E-state index contributed by atoms with van der Waals surface area (Å²) < 4.78 is 5.36. The number of nitrogens with zero attached hydrogens (tertiary/aromatic N) is 2. The molecule has 1 aliphatic heterocycles. The van der Waals surface area contributed by atoms with E-state index in [0.717, 1.165) is 30.4 Å². The van der Waals surface area contributed by atoms with Crippen LogP contribution in [0, 0.1) is 5.92 Å². The Labute approximate surface area is 190 Å². The lowest BCUT2D eigenvalue weighted by Crippen LogP contribution is -2.44. The Morgan fingerprint density at radius 2 is 2.10 bits per heavy atom. The minimum Gasteiger partial charge on any atom is -0.484 e. The fourth-order valence-electron chi connectivity index (χ4n) is 4.15. The van der Waals surface area contributed by atoms with Crippen molar-refractivity contribution < 1.29 is 9.53 Å². The highest BCUT2D eigenvalue weighted by Crippen LogP contribution is 2.26. The first kappa shape index (κ1) is 23.7. The van der Waals surface area contributed by atoms with Crippen molar-refractivity contribution in [3.8, 4) is 5.75 Å². The third-order valence-electron chi connectivity index (χ3n) is 5.57. The van der Waals surface area contributed by atoms with Crippen molar-refractivity contribution in [2.75, 3.05) is 33.3 Å². The van der Waals surface area contributed by atoms with E-state index in [9.17, 15) is 4.79 Å². The molecule has 1 atom stereocenters. The lowest BCUT2D eigenvalue weighted by molar-refractivity contribution is -0.119. The van der Waals surface area contributed by atoms with Gasteiger partial charge in [-0.1, -0.05) is 25.0 Å². The third-order valence-corrected chi connectivity index (χ3v) is 5.57. The fourth-order valence-corrected chi connectivity index (χ4v) is 4.15. The maximum atomic E-state index is 10.9. The Bertz CT molecular complexity index is 679. The number of likely N-dealkylation sites (tertiary alicyclic amines) is 1. The van der Waals surface area contributed by atoms with Crippen LogP contribution in [0.4, 0.5) is 0 Å². The summed E-state index contributed by atoms with van der Waals surface area (Å²) in [6.07, 6.45) is 6.78. The van der Waals surface area contributed by atoms with Crippen molar-refractivity contribution >= 4 is 35.8 Å². The van der Waals surface area contributed by atoms with Gasteiger partial charge in [0.2, 0.25) is 0 Å². The van der Waals surface area contributed by atoms with E-state index in [1.807, 2.05) is 24.3 Å². The van der Waals surface area contributed by atoms with Crippen LogP contribution in [0.5, 0.6) is 5.75 Å². The van der Waals surface area contributed by atoms with Gasteiger partial charge >= 0.3 is 0 Å². The summed E-state index contributed by atoms with van der Waals surface area (Å²) in [5.41, 5.74) is 6.18. The van der Waals surface area contributed by atoms with Crippen LogP contribution < -0.4 is 21.1 Å². The van der Waals surface area contributed by atoms with E-state index in [4.69, 9.17) is 10.5 Å². The summed E-state index contributed by atoms with van der Waals surface area (Å²) >= 11 is 0. The number of guanidine groups is 1. The normalized spacial score (nSPS) is 20.3. The summed E-state index contributed by atoms with van der Waals surface area (Å²) in [6, 6.07) is 8.08. The third kappa shape index (κ3) is 8.00. The molecule has 1 aromatic carbocycles. The van der Waals surface area contributed by atoms with Crippen LogP contribution in [0.1, 0.15) is 37.7 Å². The minimum absolute atomic E-state index is 0. The van der Waals surface area contributed by atoms with Gasteiger partial charge in [0.15, 0.2) is 12.6 Å². The summed E-state index contributed by atoms with van der Waals surface area (Å²) in [5, 5.41) is 6.92. The van der Waals surface area contributed by atoms with Gasteiger partial charge in [-0.2, -0.15) is 0 Å². The van der Waals surface area contributed by atoms with Gasteiger partial charge in [0.25, 0.3) is 5.91 Å². The molecule has 29 heavy (non-hydrogen) atoms. The van der Waals surface area contributed by atoms with Crippen LogP contribution >= 0.6 is 24.0 Å². The summed E-state index contributed by atoms with van der Waals surface area (Å²) in [4.78, 5) is 17.8. The topological polar surface area (TPSA) is 92.0 Å². The Morgan fingerprint density at radius 1 is 1.31 bits per heavy atom. The Hall–Kier alpha value is -1.55. The lowest BCUT2D eigenvalue weighted by atomic mass is 10.1. The predicted molar refractivity (Wildman–Crippen MR) is 127 cm³/mol. The van der Waals surface area contributed by atoms with Gasteiger partial charge in [0.1, 0.15) is 5.75 Å². The molecular formula is C21H34IN5O2. The molecule has 1 aliphatic carbocycles. The summed E-state index contributed by atoms with van der Waals surface area (Å²) in [6.45, 7) is 4.03. The van der Waals surface area contributed by atoms with Crippen molar-refractivity contribution in [1.82, 2.24) is 15.5 Å². The van der Waals surface area contributed by atoms with Crippen LogP contribution in [0.25, 0.3) is 0 Å². The van der Waals surface area contributed by atoms with Crippen molar-refractivity contribution in [2.45, 2.75) is 44.7 Å². The van der Waals surface area contributed by atoms with Crippen LogP contribution in [0.15, 0.2) is 29.3 Å². The first-order valence-electron chi connectivity index (χ1n) is 10.3. The van der Waals surface area contributed by atoms with Gasteiger partial charge in [-0.3, -0.25) is 9.79 Å². The predicted octanol–water partition coefficient (Wildman–Crippen LogP) is 2.10. The number of amides is 1. The molecule has 1 aromatic rings. The smallest absolute Gasteiger partial charge is 0.255 e. The first-order valence-corrected chi connectivity index (χ1v) is 10.3. The van der Waals surface area contributed by atoms with Gasteiger partial charge in [-0.05, 0) is 42.9 Å². The maximum absolute atomic E-state index is 10.9. The molecule has 1 saturated heterocycles. The summed E-state index contributed by atoms with van der Waals surface area (Å²) in [7, 11) is 1.80. The number of carbonyl (C=O) groups excluding carboxylic acids is 1. The second kappa shape index (κ2) is 12.2. The van der Waals surface area contributed by atoms with Gasteiger partial charge in [0.05, 0.1) is 0 Å². The average molecular weight is 515 g/mol. The van der Waals surface area contributed by atoms with Gasteiger partial charge in [-0.15, -0.1) is 24.0 Å². The number of nitrogens with two attached hydrogens (primary N) is 1. The highest BCUT2D eigenvalue weighted by molar-refractivity contribution is 14.0. The van der Waals surface area contributed by atoms with Crippen LogP contribution in [-0.4, -0.2) is 56.1 Å². The van der Waals surface area contributed by atoms with E-state index in [0.29, 0.717) is 18.3 Å². The van der Waals surface area contributed by atoms with E-state index >= 15 is 0 Å². The standard InChI is InChI=1S/C21H33N5O2.HI/c1-23-21(24-12-17-7-4-8-19(11-17)28-15-20(22)27)25-18-9-10-26(14-18)13-16-5-2-3-6-16;/h4,7-8,11,16,18H,2-3,5-6,9-10,12-15H2,1H3,(H2,22,27)(H2,23,24,25);1H. The van der Waals surface area contributed by atoms with E-state index in [2.05, 4.69) is 20.5 Å². The number of aliphatic imine (C=N–C) groups is 1. The van der Waals surface area contributed by atoms with E-state index in [1.165, 1.54) is 38.8 Å². The monoisotopic (exact) mass is 515 g/mol. The zero-order valence-corrected chi connectivity index (χ0v) is 19.6. The quantitative estimate of drug-likeness (QED) is 0.280. The number of hydrogen-bond acceptors (Lipinski definition) is 4. The molecule has 1 unspecified atom stereocenters. The molecule has 0 spiro atoms. The van der Waals surface area contributed by atoms with Crippen molar-refractivity contribution in [2.24, 2.45) is 16.6 Å². The Morgan fingerprint density at radius 3 is 2.83 bits per heavy atom. The van der Waals surface area contributed by atoms with Crippen LogP contribution in [0.3, 0.4) is 0 Å². The second-order valence-corrected chi connectivity index (χ2v) is 7.87. The van der Waals surface area contributed by atoms with E-state index < -0.39 is 5.91 Å². The molecular weight excluding hydrogens is 481 g/mol. The van der Waals surface area contributed by atoms with Crippen LogP contribution in [-0.2, 0) is 11.3 Å². The molecule has 1 heterocycles. The molecule has 2 fully saturated rings. The molecule has 7 nitrogen and oxygen atoms in total. The van der Waals surface area contributed by atoms with Crippen molar-refractivity contribution in [3.63, 3.8) is 0 Å².